The van der Waals surface area contributed by atoms with Gasteiger partial charge in [-0.15, -0.1) is 0 Å². The van der Waals surface area contributed by atoms with Crippen LogP contribution in [0.25, 0.3) is 0 Å². The van der Waals surface area contributed by atoms with E-state index in [0.29, 0.717) is 6.61 Å². The summed E-state index contributed by atoms with van der Waals surface area (Å²) in [6, 6.07) is 4.34. The van der Waals surface area contributed by atoms with Crippen LogP contribution in [0, 0.1) is 0 Å². The molecule has 0 aromatic carbocycles. The fourth-order valence-electron chi connectivity index (χ4n) is 2.22. The van der Waals surface area contributed by atoms with Gasteiger partial charge in [0.2, 0.25) is 0 Å². The molecular weight excluding hydrogens is 266 g/mol. The van der Waals surface area contributed by atoms with Gasteiger partial charge >= 0.3 is 0 Å². The van der Waals surface area contributed by atoms with Crippen molar-refractivity contribution >= 4 is 5.82 Å². The number of methoxy groups -OCH3 is 2. The van der Waals surface area contributed by atoms with Crippen molar-refractivity contribution in [3.05, 3.63) is 23.4 Å². The van der Waals surface area contributed by atoms with Gasteiger partial charge in [0.15, 0.2) is 0 Å². The Bertz CT molecular complexity index is 399. The van der Waals surface area contributed by atoms with E-state index < -0.39 is 0 Å². The second-order valence-electron chi connectivity index (χ2n) is 5.04. The SMILES string of the molecule is CCc1cc(CNC)cc(N(CCCOC)CCOC)n1. The molecule has 1 heterocycles. The van der Waals surface area contributed by atoms with Crippen molar-refractivity contribution in [3.8, 4) is 0 Å². The van der Waals surface area contributed by atoms with Gasteiger partial charge in [0.25, 0.3) is 0 Å². The van der Waals surface area contributed by atoms with E-state index in [0.717, 1.165) is 50.6 Å². The standard InChI is InChI=1S/C16H29N3O2/c1-5-15-11-14(13-17-2)12-16(18-15)19(8-10-21-4)7-6-9-20-3/h11-12,17H,5-10,13H2,1-4H3. The van der Waals surface area contributed by atoms with Crippen molar-refractivity contribution < 1.29 is 9.47 Å². The molecule has 0 aliphatic carbocycles. The summed E-state index contributed by atoms with van der Waals surface area (Å²) < 4.78 is 10.4. The van der Waals surface area contributed by atoms with Crippen molar-refractivity contribution in [3.63, 3.8) is 0 Å². The first kappa shape index (κ1) is 17.9. The Balaban J connectivity index is 2.89. The minimum absolute atomic E-state index is 0.701. The Morgan fingerprint density at radius 3 is 2.52 bits per heavy atom. The lowest BCUT2D eigenvalue weighted by molar-refractivity contribution is 0.191. The van der Waals surface area contributed by atoms with Crippen LogP contribution in [0.1, 0.15) is 24.6 Å². The quantitative estimate of drug-likeness (QED) is 0.631. The first-order chi connectivity index (χ1) is 10.2. The van der Waals surface area contributed by atoms with Crippen LogP contribution in [-0.2, 0) is 22.4 Å². The summed E-state index contributed by atoms with van der Waals surface area (Å²) in [6.45, 7) is 6.24. The van der Waals surface area contributed by atoms with E-state index >= 15 is 0 Å². The minimum atomic E-state index is 0.701. The predicted molar refractivity (Wildman–Crippen MR) is 87.0 cm³/mol. The predicted octanol–water partition coefficient (Wildman–Crippen LogP) is 1.85. The van der Waals surface area contributed by atoms with E-state index in [1.807, 2.05) is 7.05 Å². The molecule has 0 radical (unpaired) electrons. The topological polar surface area (TPSA) is 46.6 Å². The molecule has 5 heteroatoms. The number of aryl methyl sites for hydroxylation is 1. The molecule has 0 fully saturated rings. The van der Waals surface area contributed by atoms with Crippen LogP contribution in [0.3, 0.4) is 0 Å². The summed E-state index contributed by atoms with van der Waals surface area (Å²) in [4.78, 5) is 7.05. The molecule has 21 heavy (non-hydrogen) atoms. The molecule has 120 valence electrons. The van der Waals surface area contributed by atoms with Crippen LogP contribution in [0.4, 0.5) is 5.82 Å². The zero-order chi connectivity index (χ0) is 15.5. The van der Waals surface area contributed by atoms with Gasteiger partial charge in [-0.3, -0.25) is 0 Å². The normalized spacial score (nSPS) is 10.9. The van der Waals surface area contributed by atoms with Gasteiger partial charge in [-0.1, -0.05) is 6.92 Å². The molecule has 1 rings (SSSR count). The van der Waals surface area contributed by atoms with E-state index in [-0.39, 0.29) is 0 Å². The van der Waals surface area contributed by atoms with Crippen LogP contribution in [-0.4, -0.2) is 52.6 Å². The summed E-state index contributed by atoms with van der Waals surface area (Å²) in [5.41, 5.74) is 2.40. The molecule has 0 bridgehead atoms. The molecule has 1 N–H and O–H groups in total. The maximum atomic E-state index is 5.22. The van der Waals surface area contributed by atoms with Crippen molar-refractivity contribution in [2.75, 3.05) is 52.5 Å². The summed E-state index contributed by atoms with van der Waals surface area (Å²) >= 11 is 0. The van der Waals surface area contributed by atoms with Gasteiger partial charge in [-0.05, 0) is 37.6 Å². The Kier molecular flexibility index (Phi) is 8.98. The Hall–Kier alpha value is -1.17. The molecule has 0 unspecified atom stereocenters. The first-order valence-electron chi connectivity index (χ1n) is 7.62. The number of rotatable bonds is 11. The number of nitrogens with one attached hydrogen (secondary N) is 1. The fourth-order valence-corrected chi connectivity index (χ4v) is 2.22. The van der Waals surface area contributed by atoms with Gasteiger partial charge in [-0.2, -0.15) is 0 Å². The fraction of sp³-hybridized carbons (Fsp3) is 0.688. The highest BCUT2D eigenvalue weighted by molar-refractivity contribution is 5.43. The molecule has 1 aromatic heterocycles. The number of nitrogens with zero attached hydrogens (tertiary/aromatic N) is 2. The van der Waals surface area contributed by atoms with Crippen molar-refractivity contribution in [2.45, 2.75) is 26.3 Å². The number of pyridine rings is 1. The van der Waals surface area contributed by atoms with Crippen molar-refractivity contribution in [1.29, 1.82) is 0 Å². The minimum Gasteiger partial charge on any atom is -0.385 e. The maximum Gasteiger partial charge on any atom is 0.129 e. The van der Waals surface area contributed by atoms with Gasteiger partial charge in [0, 0.05) is 46.2 Å². The summed E-state index contributed by atoms with van der Waals surface area (Å²) in [5.74, 6) is 1.03. The second-order valence-corrected chi connectivity index (χ2v) is 5.04. The third-order valence-corrected chi connectivity index (χ3v) is 3.33. The zero-order valence-corrected chi connectivity index (χ0v) is 13.8. The van der Waals surface area contributed by atoms with E-state index in [2.05, 4.69) is 29.3 Å². The van der Waals surface area contributed by atoms with E-state index in [1.54, 1.807) is 14.2 Å². The van der Waals surface area contributed by atoms with Crippen LogP contribution in [0.5, 0.6) is 0 Å². The lowest BCUT2D eigenvalue weighted by Gasteiger charge is -2.24. The summed E-state index contributed by atoms with van der Waals surface area (Å²) in [5, 5.41) is 3.21. The highest BCUT2D eigenvalue weighted by Crippen LogP contribution is 2.16. The molecular formula is C16H29N3O2. The van der Waals surface area contributed by atoms with Crippen LogP contribution >= 0.6 is 0 Å². The molecule has 0 spiro atoms. The van der Waals surface area contributed by atoms with E-state index in [1.165, 1.54) is 5.56 Å². The number of hydrogen-bond acceptors (Lipinski definition) is 5. The van der Waals surface area contributed by atoms with E-state index in [9.17, 15) is 0 Å². The Morgan fingerprint density at radius 1 is 1.14 bits per heavy atom. The van der Waals surface area contributed by atoms with Gasteiger partial charge in [-0.25, -0.2) is 4.98 Å². The smallest absolute Gasteiger partial charge is 0.129 e. The van der Waals surface area contributed by atoms with Gasteiger partial charge < -0.3 is 19.7 Å². The Morgan fingerprint density at radius 2 is 1.90 bits per heavy atom. The molecule has 0 saturated heterocycles. The number of aromatic nitrogens is 1. The molecule has 0 aliphatic heterocycles. The third kappa shape index (κ3) is 6.42. The average Bonchev–Trinajstić information content (AvgIpc) is 2.50. The average molecular weight is 295 g/mol. The first-order valence-corrected chi connectivity index (χ1v) is 7.62. The van der Waals surface area contributed by atoms with Gasteiger partial charge in [0.1, 0.15) is 5.82 Å². The molecule has 0 amide bonds. The molecule has 1 aromatic rings. The zero-order valence-electron chi connectivity index (χ0n) is 13.8. The molecule has 0 saturated carbocycles. The molecule has 0 atom stereocenters. The summed E-state index contributed by atoms with van der Waals surface area (Å²) in [6.07, 6.45) is 1.93. The van der Waals surface area contributed by atoms with Crippen molar-refractivity contribution in [2.24, 2.45) is 0 Å². The lowest BCUT2D eigenvalue weighted by Crippen LogP contribution is -2.30. The largest absolute Gasteiger partial charge is 0.385 e. The van der Waals surface area contributed by atoms with Crippen LogP contribution in [0.2, 0.25) is 0 Å². The lowest BCUT2D eigenvalue weighted by atomic mass is 10.2. The maximum absolute atomic E-state index is 5.22. The van der Waals surface area contributed by atoms with Crippen LogP contribution < -0.4 is 10.2 Å². The monoisotopic (exact) mass is 295 g/mol. The highest BCUT2D eigenvalue weighted by atomic mass is 16.5. The molecule has 5 nitrogen and oxygen atoms in total. The second kappa shape index (κ2) is 10.5. The number of anilines is 1. The molecule has 0 aliphatic rings. The van der Waals surface area contributed by atoms with Crippen molar-refractivity contribution in [1.82, 2.24) is 10.3 Å². The number of hydrogen-bond donors (Lipinski definition) is 1. The third-order valence-electron chi connectivity index (χ3n) is 3.33. The summed E-state index contributed by atoms with van der Waals surface area (Å²) in [7, 11) is 5.43. The van der Waals surface area contributed by atoms with Gasteiger partial charge in [0.05, 0.1) is 6.61 Å². The number of ether oxygens (including phenoxy) is 2. The van der Waals surface area contributed by atoms with E-state index in [4.69, 9.17) is 14.5 Å². The Labute approximate surface area is 128 Å². The highest BCUT2D eigenvalue weighted by Gasteiger charge is 2.10. The van der Waals surface area contributed by atoms with Crippen LogP contribution in [0.15, 0.2) is 12.1 Å².